The van der Waals surface area contributed by atoms with Gasteiger partial charge in [-0.15, -0.1) is 12.4 Å². The molecule has 0 spiro atoms. The van der Waals surface area contributed by atoms with Gasteiger partial charge in [-0.25, -0.2) is 13.6 Å². The van der Waals surface area contributed by atoms with Crippen LogP contribution in [0.5, 0.6) is 0 Å². The molecule has 0 saturated carbocycles. The number of carbonyl (C=O) groups is 1. The molecular formula is C12H14ClF2NO2. The van der Waals surface area contributed by atoms with Crippen LogP contribution in [0.2, 0.25) is 0 Å². The second-order valence-corrected chi connectivity index (χ2v) is 4.84. The number of hydrogen-bond donors (Lipinski definition) is 1. The first-order valence-electron chi connectivity index (χ1n) is 5.28. The molecule has 1 N–H and O–H groups in total. The van der Waals surface area contributed by atoms with E-state index in [1.165, 1.54) is 12.1 Å². The maximum atomic E-state index is 13.1. The molecule has 18 heavy (non-hydrogen) atoms. The number of alkyl carbamates (subject to hydrolysis) is 1. The second-order valence-electron chi connectivity index (χ2n) is 4.84. The summed E-state index contributed by atoms with van der Waals surface area (Å²) in [5.74, 6) is -1.31. The Kier molecular flexibility index (Phi) is 4.16. The van der Waals surface area contributed by atoms with E-state index in [-0.39, 0.29) is 19.0 Å². The van der Waals surface area contributed by atoms with E-state index in [9.17, 15) is 13.6 Å². The minimum absolute atomic E-state index is 0. The van der Waals surface area contributed by atoms with E-state index in [4.69, 9.17) is 4.74 Å². The molecule has 0 aromatic heterocycles. The Morgan fingerprint density at radius 1 is 1.28 bits per heavy atom. The molecule has 1 aromatic rings. The Bertz CT molecular complexity index is 445. The van der Waals surface area contributed by atoms with Crippen LogP contribution in [0.4, 0.5) is 13.6 Å². The van der Waals surface area contributed by atoms with Crippen LogP contribution in [0.3, 0.4) is 0 Å². The number of rotatable bonds is 1. The molecule has 1 saturated heterocycles. The van der Waals surface area contributed by atoms with Crippen molar-refractivity contribution in [3.8, 4) is 0 Å². The molecule has 3 nitrogen and oxygen atoms in total. The first kappa shape index (κ1) is 14.7. The topological polar surface area (TPSA) is 38.3 Å². The number of cyclic esters (lactones) is 1. The third kappa shape index (κ3) is 2.90. The Hall–Kier alpha value is -1.36. The zero-order valence-corrected chi connectivity index (χ0v) is 10.8. The van der Waals surface area contributed by atoms with Gasteiger partial charge in [-0.2, -0.15) is 0 Å². The molecule has 0 bridgehead atoms. The predicted octanol–water partition coefficient (Wildman–Crippen LogP) is 3.19. The SMILES string of the molecule is CC1(C)COC(=O)N[C@H]1c1cc(F)cc(F)c1.Cl. The summed E-state index contributed by atoms with van der Waals surface area (Å²) in [6.07, 6.45) is -0.570. The largest absolute Gasteiger partial charge is 0.449 e. The van der Waals surface area contributed by atoms with Gasteiger partial charge in [0.25, 0.3) is 0 Å². The van der Waals surface area contributed by atoms with Gasteiger partial charge in [0.1, 0.15) is 18.2 Å². The van der Waals surface area contributed by atoms with Crippen LogP contribution in [0.1, 0.15) is 25.5 Å². The third-order valence-electron chi connectivity index (χ3n) is 2.84. The summed E-state index contributed by atoms with van der Waals surface area (Å²) >= 11 is 0. The molecule has 6 heteroatoms. The molecule has 1 aliphatic heterocycles. The van der Waals surface area contributed by atoms with E-state index in [0.29, 0.717) is 5.56 Å². The van der Waals surface area contributed by atoms with Crippen LogP contribution < -0.4 is 5.32 Å². The Morgan fingerprint density at radius 2 is 1.83 bits per heavy atom. The average Bonchev–Trinajstić information content (AvgIpc) is 2.20. The van der Waals surface area contributed by atoms with Gasteiger partial charge in [0.15, 0.2) is 0 Å². The maximum absolute atomic E-state index is 13.1. The highest BCUT2D eigenvalue weighted by molar-refractivity contribution is 5.85. The fourth-order valence-electron chi connectivity index (χ4n) is 1.97. The smallest absolute Gasteiger partial charge is 0.407 e. The van der Waals surface area contributed by atoms with E-state index in [1.54, 1.807) is 0 Å². The second kappa shape index (κ2) is 5.10. The first-order chi connectivity index (χ1) is 7.88. The maximum Gasteiger partial charge on any atom is 0.407 e. The summed E-state index contributed by atoms with van der Waals surface area (Å²) in [6, 6.07) is 2.79. The summed E-state index contributed by atoms with van der Waals surface area (Å²) in [6.45, 7) is 3.93. The molecule has 100 valence electrons. The van der Waals surface area contributed by atoms with Crippen LogP contribution in [-0.4, -0.2) is 12.7 Å². The molecule has 2 rings (SSSR count). The van der Waals surface area contributed by atoms with Crippen molar-refractivity contribution in [1.29, 1.82) is 0 Å². The van der Waals surface area contributed by atoms with Crippen molar-refractivity contribution >= 4 is 18.5 Å². The van der Waals surface area contributed by atoms with Crippen LogP contribution in [0.15, 0.2) is 18.2 Å². The lowest BCUT2D eigenvalue weighted by Crippen LogP contribution is -2.47. The van der Waals surface area contributed by atoms with Gasteiger partial charge >= 0.3 is 6.09 Å². The van der Waals surface area contributed by atoms with Gasteiger partial charge in [0, 0.05) is 11.5 Å². The van der Waals surface area contributed by atoms with E-state index in [1.807, 2.05) is 13.8 Å². The monoisotopic (exact) mass is 277 g/mol. The fraction of sp³-hybridized carbons (Fsp3) is 0.417. The van der Waals surface area contributed by atoms with E-state index < -0.39 is 29.2 Å². The first-order valence-corrected chi connectivity index (χ1v) is 5.28. The van der Waals surface area contributed by atoms with E-state index >= 15 is 0 Å². The van der Waals surface area contributed by atoms with E-state index in [0.717, 1.165) is 6.07 Å². The highest BCUT2D eigenvalue weighted by Gasteiger charge is 2.38. The van der Waals surface area contributed by atoms with Crippen molar-refractivity contribution in [1.82, 2.24) is 5.32 Å². The van der Waals surface area contributed by atoms with Gasteiger partial charge in [-0.1, -0.05) is 13.8 Å². The molecule has 0 unspecified atom stereocenters. The van der Waals surface area contributed by atoms with Gasteiger partial charge in [-0.05, 0) is 17.7 Å². The lowest BCUT2D eigenvalue weighted by atomic mass is 9.80. The Balaban J connectivity index is 0.00000162. The summed E-state index contributed by atoms with van der Waals surface area (Å²) in [4.78, 5) is 11.2. The minimum Gasteiger partial charge on any atom is -0.449 e. The summed E-state index contributed by atoms with van der Waals surface area (Å²) in [5, 5.41) is 2.58. The zero-order valence-electron chi connectivity index (χ0n) is 10.00. The fourth-order valence-corrected chi connectivity index (χ4v) is 1.97. The van der Waals surface area contributed by atoms with Crippen molar-refractivity contribution in [2.75, 3.05) is 6.61 Å². The number of nitrogens with one attached hydrogen (secondary N) is 1. The van der Waals surface area contributed by atoms with Gasteiger partial charge in [0.2, 0.25) is 0 Å². The summed E-state index contributed by atoms with van der Waals surface area (Å²) in [5.41, 5.74) is -0.0159. The van der Waals surface area contributed by atoms with Gasteiger partial charge in [0.05, 0.1) is 6.04 Å². The normalized spacial score (nSPS) is 21.6. The number of hydrogen-bond acceptors (Lipinski definition) is 2. The highest BCUT2D eigenvalue weighted by atomic mass is 35.5. The number of carbonyl (C=O) groups excluding carboxylic acids is 1. The lowest BCUT2D eigenvalue weighted by Gasteiger charge is -2.38. The molecule has 0 radical (unpaired) electrons. The number of amides is 1. The highest BCUT2D eigenvalue weighted by Crippen LogP contribution is 2.36. The van der Waals surface area contributed by atoms with Crippen molar-refractivity contribution in [3.63, 3.8) is 0 Å². The standard InChI is InChI=1S/C12H13F2NO2.ClH/c1-12(2)6-17-11(16)15-10(12)7-3-8(13)5-9(14)4-7;/h3-5,10H,6H2,1-2H3,(H,15,16);1H/t10-;/m0./s1. The van der Waals surface area contributed by atoms with E-state index in [2.05, 4.69) is 5.32 Å². The van der Waals surface area contributed by atoms with Crippen molar-refractivity contribution in [3.05, 3.63) is 35.4 Å². The zero-order chi connectivity index (χ0) is 12.6. The van der Waals surface area contributed by atoms with Crippen molar-refractivity contribution in [2.24, 2.45) is 5.41 Å². The van der Waals surface area contributed by atoms with Gasteiger partial charge < -0.3 is 10.1 Å². The summed E-state index contributed by atoms with van der Waals surface area (Å²) in [7, 11) is 0. The minimum atomic E-state index is -0.656. The predicted molar refractivity (Wildman–Crippen MR) is 64.6 cm³/mol. The molecule has 1 amide bonds. The van der Waals surface area contributed by atoms with Crippen molar-refractivity contribution < 1.29 is 18.3 Å². The molecular weight excluding hydrogens is 264 g/mol. The molecule has 1 aromatic carbocycles. The Morgan fingerprint density at radius 3 is 2.39 bits per heavy atom. The number of benzene rings is 1. The molecule has 1 atom stereocenters. The molecule has 1 heterocycles. The Labute approximate surface area is 110 Å². The van der Waals surface area contributed by atoms with Crippen molar-refractivity contribution in [2.45, 2.75) is 19.9 Å². The molecule has 1 fully saturated rings. The van der Waals surface area contributed by atoms with Crippen LogP contribution in [0, 0.1) is 17.0 Å². The lowest BCUT2D eigenvalue weighted by molar-refractivity contribution is 0.0385. The third-order valence-corrected chi connectivity index (χ3v) is 2.84. The van der Waals surface area contributed by atoms with Gasteiger partial charge in [-0.3, -0.25) is 0 Å². The molecule has 0 aliphatic carbocycles. The summed E-state index contributed by atoms with van der Waals surface area (Å²) < 4.78 is 31.2. The number of ether oxygens (including phenoxy) is 1. The van der Waals surface area contributed by atoms with Crippen LogP contribution in [0.25, 0.3) is 0 Å². The average molecular weight is 278 g/mol. The number of halogens is 3. The van der Waals surface area contributed by atoms with Crippen LogP contribution >= 0.6 is 12.4 Å². The molecule has 1 aliphatic rings. The quantitative estimate of drug-likeness (QED) is 0.856. The van der Waals surface area contributed by atoms with Crippen LogP contribution in [-0.2, 0) is 4.74 Å².